The number of carbonyl (C=O) groups is 1. The smallest absolute Gasteiger partial charge is 0.257 e. The number of ether oxygens (including phenoxy) is 1. The number of anilines is 1. The molecule has 3 aromatic rings. The fourth-order valence-corrected chi connectivity index (χ4v) is 2.67. The van der Waals surface area contributed by atoms with Crippen molar-refractivity contribution in [2.24, 2.45) is 0 Å². The van der Waals surface area contributed by atoms with Crippen LogP contribution >= 0.6 is 11.6 Å². The lowest BCUT2D eigenvalue weighted by atomic mass is 10.1. The molecule has 1 amide bonds. The number of hydrogen-bond acceptors (Lipinski definition) is 3. The van der Waals surface area contributed by atoms with Gasteiger partial charge < -0.3 is 10.1 Å². The monoisotopic (exact) mass is 341 g/mol. The molecule has 6 heteroatoms. The van der Waals surface area contributed by atoms with Crippen molar-refractivity contribution in [3.05, 3.63) is 64.8 Å². The Morgan fingerprint density at radius 3 is 2.62 bits per heavy atom. The molecular weight excluding hydrogens is 326 g/mol. The molecule has 0 bridgehead atoms. The number of amides is 1. The Morgan fingerprint density at radius 1 is 1.17 bits per heavy atom. The molecule has 2 aromatic carbocycles. The molecule has 0 unspecified atom stereocenters. The maximum atomic E-state index is 12.6. The van der Waals surface area contributed by atoms with Crippen LogP contribution in [0.25, 0.3) is 11.3 Å². The number of aromatic amines is 1. The Labute approximate surface area is 144 Å². The number of H-pyrrole nitrogens is 1. The summed E-state index contributed by atoms with van der Waals surface area (Å²) in [5.74, 6) is 0.387. The number of para-hydroxylation sites is 1. The van der Waals surface area contributed by atoms with Gasteiger partial charge in [-0.2, -0.15) is 5.10 Å². The first-order valence-electron chi connectivity index (χ1n) is 7.36. The third-order valence-corrected chi connectivity index (χ3v) is 4.00. The van der Waals surface area contributed by atoms with Crippen molar-refractivity contribution >= 4 is 23.2 Å². The van der Waals surface area contributed by atoms with Crippen molar-refractivity contribution in [3.8, 4) is 17.0 Å². The Morgan fingerprint density at radius 2 is 1.88 bits per heavy atom. The molecule has 0 aliphatic rings. The van der Waals surface area contributed by atoms with E-state index in [-0.39, 0.29) is 5.91 Å². The number of nitrogens with zero attached hydrogens (tertiary/aromatic N) is 1. The first kappa shape index (κ1) is 16.1. The molecule has 0 radical (unpaired) electrons. The molecule has 24 heavy (non-hydrogen) atoms. The number of nitrogens with one attached hydrogen (secondary N) is 2. The maximum Gasteiger partial charge on any atom is 0.257 e. The Bertz CT molecular complexity index is 889. The minimum Gasteiger partial charge on any atom is -0.496 e. The average Bonchev–Trinajstić information content (AvgIpc) is 2.95. The maximum absolute atomic E-state index is 12.6. The summed E-state index contributed by atoms with van der Waals surface area (Å²) < 4.78 is 5.39. The summed E-state index contributed by atoms with van der Waals surface area (Å²) in [6.07, 6.45) is 0. The van der Waals surface area contributed by atoms with E-state index in [1.165, 1.54) is 0 Å². The molecule has 0 saturated carbocycles. The predicted octanol–water partition coefficient (Wildman–Crippen LogP) is 4.30. The van der Waals surface area contributed by atoms with Crippen LogP contribution in [0.4, 0.5) is 5.69 Å². The fraction of sp³-hybridized carbons (Fsp3) is 0.111. The summed E-state index contributed by atoms with van der Waals surface area (Å²) in [5, 5.41) is 10.5. The highest BCUT2D eigenvalue weighted by Crippen LogP contribution is 2.35. The number of aromatic nitrogens is 2. The van der Waals surface area contributed by atoms with E-state index in [1.807, 2.05) is 31.2 Å². The van der Waals surface area contributed by atoms with Gasteiger partial charge in [-0.1, -0.05) is 35.9 Å². The van der Waals surface area contributed by atoms with Gasteiger partial charge in [-0.05, 0) is 31.2 Å². The van der Waals surface area contributed by atoms with Gasteiger partial charge in [-0.3, -0.25) is 9.89 Å². The molecule has 3 rings (SSSR count). The first-order chi connectivity index (χ1) is 11.6. The quantitative estimate of drug-likeness (QED) is 0.743. The molecular formula is C18H16ClN3O2. The lowest BCUT2D eigenvalue weighted by molar-refractivity contribution is 0.102. The Hall–Kier alpha value is -2.79. The third-order valence-electron chi connectivity index (χ3n) is 3.67. The van der Waals surface area contributed by atoms with Crippen molar-refractivity contribution in [1.29, 1.82) is 0 Å². The molecule has 1 heterocycles. The van der Waals surface area contributed by atoms with Gasteiger partial charge in [0, 0.05) is 5.56 Å². The van der Waals surface area contributed by atoms with Gasteiger partial charge in [-0.15, -0.1) is 0 Å². The molecule has 0 spiro atoms. The molecule has 122 valence electrons. The summed E-state index contributed by atoms with van der Waals surface area (Å²) >= 11 is 6.10. The van der Waals surface area contributed by atoms with Crippen LogP contribution in [-0.4, -0.2) is 23.2 Å². The molecule has 0 aliphatic heterocycles. The van der Waals surface area contributed by atoms with Gasteiger partial charge in [-0.25, -0.2) is 0 Å². The first-order valence-corrected chi connectivity index (χ1v) is 7.74. The van der Waals surface area contributed by atoms with Gasteiger partial charge in [0.05, 0.1) is 29.1 Å². The van der Waals surface area contributed by atoms with E-state index in [1.54, 1.807) is 31.4 Å². The normalized spacial score (nSPS) is 10.5. The number of hydrogen-bond donors (Lipinski definition) is 2. The fourth-order valence-electron chi connectivity index (χ4n) is 2.44. The average molecular weight is 342 g/mol. The van der Waals surface area contributed by atoms with Crippen molar-refractivity contribution in [3.63, 3.8) is 0 Å². The zero-order valence-corrected chi connectivity index (χ0v) is 14.0. The summed E-state index contributed by atoms with van der Waals surface area (Å²) in [7, 11) is 1.60. The number of methoxy groups -OCH3 is 1. The van der Waals surface area contributed by atoms with Crippen molar-refractivity contribution in [2.75, 3.05) is 12.4 Å². The summed E-state index contributed by atoms with van der Waals surface area (Å²) in [6.45, 7) is 1.84. The van der Waals surface area contributed by atoms with Crippen molar-refractivity contribution in [2.45, 2.75) is 6.92 Å². The highest BCUT2D eigenvalue weighted by atomic mass is 35.5. The molecule has 2 N–H and O–H groups in total. The zero-order valence-electron chi connectivity index (χ0n) is 13.3. The van der Waals surface area contributed by atoms with E-state index in [0.717, 1.165) is 11.3 Å². The zero-order chi connectivity index (χ0) is 17.1. The predicted molar refractivity (Wildman–Crippen MR) is 94.7 cm³/mol. The largest absolute Gasteiger partial charge is 0.496 e. The van der Waals surface area contributed by atoms with Crippen molar-refractivity contribution in [1.82, 2.24) is 10.2 Å². The second kappa shape index (κ2) is 6.76. The number of aryl methyl sites for hydroxylation is 1. The van der Waals surface area contributed by atoms with Gasteiger partial charge in [0.1, 0.15) is 11.4 Å². The van der Waals surface area contributed by atoms with E-state index in [4.69, 9.17) is 16.3 Å². The molecule has 5 nitrogen and oxygen atoms in total. The lowest BCUT2D eigenvalue weighted by Crippen LogP contribution is -2.13. The Balaban J connectivity index is 2.00. The highest BCUT2D eigenvalue weighted by molar-refractivity contribution is 6.34. The summed E-state index contributed by atoms with van der Waals surface area (Å²) in [4.78, 5) is 12.6. The Kier molecular flexibility index (Phi) is 4.53. The van der Waals surface area contributed by atoms with Crippen LogP contribution in [0.3, 0.4) is 0 Å². The van der Waals surface area contributed by atoms with E-state index < -0.39 is 0 Å². The van der Waals surface area contributed by atoms with Gasteiger partial charge in [0.25, 0.3) is 5.91 Å². The SMILES string of the molecule is COc1ccccc1-c1n[nH]c(C)c1NC(=O)c1ccccc1Cl. The molecule has 0 fully saturated rings. The van der Waals surface area contributed by atoms with Crippen LogP contribution in [0.2, 0.25) is 5.02 Å². The minimum atomic E-state index is -0.291. The van der Waals surface area contributed by atoms with Gasteiger partial charge >= 0.3 is 0 Å². The molecule has 1 aromatic heterocycles. The van der Waals surface area contributed by atoms with Crippen LogP contribution in [0.15, 0.2) is 48.5 Å². The van der Waals surface area contributed by atoms with Crippen LogP contribution in [-0.2, 0) is 0 Å². The number of benzene rings is 2. The van der Waals surface area contributed by atoms with E-state index in [0.29, 0.717) is 27.7 Å². The molecule has 0 atom stereocenters. The van der Waals surface area contributed by atoms with Crippen LogP contribution < -0.4 is 10.1 Å². The van der Waals surface area contributed by atoms with E-state index >= 15 is 0 Å². The number of carbonyl (C=O) groups excluding carboxylic acids is 1. The topological polar surface area (TPSA) is 67.0 Å². The summed E-state index contributed by atoms with van der Waals surface area (Å²) in [6, 6.07) is 14.4. The second-order valence-electron chi connectivity index (χ2n) is 5.21. The van der Waals surface area contributed by atoms with Crippen molar-refractivity contribution < 1.29 is 9.53 Å². The van der Waals surface area contributed by atoms with E-state index in [9.17, 15) is 4.79 Å². The minimum absolute atomic E-state index is 0.291. The third kappa shape index (κ3) is 2.98. The second-order valence-corrected chi connectivity index (χ2v) is 5.61. The summed E-state index contributed by atoms with van der Waals surface area (Å²) in [5.41, 5.74) is 3.16. The number of rotatable bonds is 4. The van der Waals surface area contributed by atoms with Gasteiger partial charge in [0.15, 0.2) is 0 Å². The highest BCUT2D eigenvalue weighted by Gasteiger charge is 2.19. The van der Waals surface area contributed by atoms with Crippen LogP contribution in [0.1, 0.15) is 16.1 Å². The molecule has 0 saturated heterocycles. The number of halogens is 1. The standard InChI is InChI=1S/C18H16ClN3O2/c1-11-16(20-18(23)12-7-3-5-9-14(12)19)17(22-21-11)13-8-4-6-10-15(13)24-2/h3-10H,1-2H3,(H,20,23)(H,21,22). The van der Waals surface area contributed by atoms with Crippen LogP contribution in [0, 0.1) is 6.92 Å². The van der Waals surface area contributed by atoms with Gasteiger partial charge in [0.2, 0.25) is 0 Å². The van der Waals surface area contributed by atoms with Crippen LogP contribution in [0.5, 0.6) is 5.75 Å². The molecule has 0 aliphatic carbocycles. The van der Waals surface area contributed by atoms with E-state index in [2.05, 4.69) is 15.5 Å². The lowest BCUT2D eigenvalue weighted by Gasteiger charge is -2.10.